The Labute approximate surface area is 143 Å². The second-order valence-corrected chi connectivity index (χ2v) is 5.26. The van der Waals surface area contributed by atoms with Crippen LogP contribution in [0.2, 0.25) is 5.28 Å². The van der Waals surface area contributed by atoms with Crippen molar-refractivity contribution < 1.29 is 19.3 Å². The van der Waals surface area contributed by atoms with E-state index in [0.717, 1.165) is 5.56 Å². The van der Waals surface area contributed by atoms with Crippen LogP contribution >= 0.6 is 11.6 Å². The second kappa shape index (κ2) is 6.90. The minimum atomic E-state index is -0.0282. The number of ether oxygens (including phenoxy) is 3. The number of methoxy groups -OCH3 is 2. The van der Waals surface area contributed by atoms with Gasteiger partial charge in [-0.05, 0) is 35.4 Å². The number of hydrogen-bond acceptors (Lipinski definition) is 6. The number of nitrogens with zero attached hydrogens (tertiary/aromatic N) is 2. The van der Waals surface area contributed by atoms with Crippen LogP contribution in [0.25, 0.3) is 10.9 Å². The average molecular weight is 347 g/mol. The number of aliphatic hydroxyl groups is 1. The van der Waals surface area contributed by atoms with E-state index in [-0.39, 0.29) is 11.9 Å². The standard InChI is InChI=1S/C17H15ClN2O4/c1-22-14-7-12-13(8-15(14)23-2)19-17(18)20-16(12)24-11-5-3-10(9-21)4-6-11/h3-8,21H,9H2,1-2H3. The number of fused-ring (bicyclic) bond motifs is 1. The van der Waals surface area contributed by atoms with Crippen LogP contribution in [0.5, 0.6) is 23.1 Å². The van der Waals surface area contributed by atoms with Gasteiger partial charge in [-0.1, -0.05) is 12.1 Å². The molecule has 0 unspecified atom stereocenters. The van der Waals surface area contributed by atoms with Crippen molar-refractivity contribution in [2.45, 2.75) is 6.61 Å². The third-order valence-corrected chi connectivity index (χ3v) is 3.63. The molecule has 0 aliphatic carbocycles. The number of halogens is 1. The number of hydrogen-bond donors (Lipinski definition) is 1. The van der Waals surface area contributed by atoms with Crippen LogP contribution in [-0.4, -0.2) is 29.3 Å². The van der Waals surface area contributed by atoms with E-state index in [1.54, 1.807) is 50.6 Å². The monoisotopic (exact) mass is 346 g/mol. The first-order valence-electron chi connectivity index (χ1n) is 7.11. The lowest BCUT2D eigenvalue weighted by molar-refractivity contribution is 0.281. The van der Waals surface area contributed by atoms with Crippen molar-refractivity contribution in [2.24, 2.45) is 0 Å². The average Bonchev–Trinajstić information content (AvgIpc) is 2.61. The molecule has 0 fully saturated rings. The van der Waals surface area contributed by atoms with Gasteiger partial charge < -0.3 is 19.3 Å². The Morgan fingerprint density at radius 3 is 2.29 bits per heavy atom. The fourth-order valence-corrected chi connectivity index (χ4v) is 2.42. The third kappa shape index (κ3) is 3.20. The number of aliphatic hydroxyl groups excluding tert-OH is 1. The van der Waals surface area contributed by atoms with E-state index in [1.807, 2.05) is 0 Å². The quantitative estimate of drug-likeness (QED) is 0.712. The summed E-state index contributed by atoms with van der Waals surface area (Å²) in [6.07, 6.45) is 0. The molecule has 0 spiro atoms. The van der Waals surface area contributed by atoms with E-state index < -0.39 is 0 Å². The number of rotatable bonds is 5. The zero-order valence-electron chi connectivity index (χ0n) is 13.1. The van der Waals surface area contributed by atoms with Crippen molar-refractivity contribution in [1.29, 1.82) is 0 Å². The van der Waals surface area contributed by atoms with E-state index >= 15 is 0 Å². The molecule has 0 atom stereocenters. The largest absolute Gasteiger partial charge is 0.493 e. The van der Waals surface area contributed by atoms with E-state index in [1.165, 1.54) is 0 Å². The Bertz CT molecular complexity index is 869. The molecule has 7 heteroatoms. The maximum atomic E-state index is 9.10. The second-order valence-electron chi connectivity index (χ2n) is 4.93. The summed E-state index contributed by atoms with van der Waals surface area (Å²) in [5, 5.41) is 9.81. The fourth-order valence-electron chi connectivity index (χ4n) is 2.25. The SMILES string of the molecule is COc1cc2nc(Cl)nc(Oc3ccc(CO)cc3)c2cc1OC. The van der Waals surface area contributed by atoms with Gasteiger partial charge in [0.2, 0.25) is 11.2 Å². The Kier molecular flexibility index (Phi) is 4.69. The van der Waals surface area contributed by atoms with E-state index in [2.05, 4.69) is 9.97 Å². The van der Waals surface area contributed by atoms with Gasteiger partial charge in [0.1, 0.15) is 5.75 Å². The molecule has 124 valence electrons. The normalized spacial score (nSPS) is 10.7. The molecule has 0 aliphatic heterocycles. The van der Waals surface area contributed by atoms with Gasteiger partial charge in [0.15, 0.2) is 11.5 Å². The number of benzene rings is 2. The lowest BCUT2D eigenvalue weighted by atomic mass is 10.2. The Morgan fingerprint density at radius 1 is 1.00 bits per heavy atom. The first-order chi connectivity index (χ1) is 11.6. The maximum Gasteiger partial charge on any atom is 0.231 e. The van der Waals surface area contributed by atoms with Crippen LogP contribution in [-0.2, 0) is 6.61 Å². The molecule has 3 rings (SSSR count). The molecule has 6 nitrogen and oxygen atoms in total. The Morgan fingerprint density at radius 2 is 1.67 bits per heavy atom. The molecule has 1 N–H and O–H groups in total. The predicted octanol–water partition coefficient (Wildman–Crippen LogP) is 3.59. The molecule has 1 aromatic heterocycles. The zero-order valence-corrected chi connectivity index (χ0v) is 13.9. The minimum absolute atomic E-state index is 0.0282. The molecule has 1 heterocycles. The highest BCUT2D eigenvalue weighted by Crippen LogP contribution is 2.36. The first kappa shape index (κ1) is 16.3. The molecule has 0 amide bonds. The van der Waals surface area contributed by atoms with Gasteiger partial charge in [-0.25, -0.2) is 4.98 Å². The van der Waals surface area contributed by atoms with Crippen LogP contribution < -0.4 is 14.2 Å². The van der Waals surface area contributed by atoms with E-state index in [9.17, 15) is 0 Å². The van der Waals surface area contributed by atoms with Crippen LogP contribution in [0.3, 0.4) is 0 Å². The summed E-state index contributed by atoms with van der Waals surface area (Å²) in [7, 11) is 3.10. The van der Waals surface area contributed by atoms with Crippen LogP contribution in [0.15, 0.2) is 36.4 Å². The molecule has 0 radical (unpaired) electrons. The zero-order chi connectivity index (χ0) is 17.1. The summed E-state index contributed by atoms with van der Waals surface area (Å²) < 4.78 is 16.4. The highest BCUT2D eigenvalue weighted by Gasteiger charge is 2.14. The van der Waals surface area contributed by atoms with Crippen molar-refractivity contribution >= 4 is 22.5 Å². The predicted molar refractivity (Wildman–Crippen MR) is 90.1 cm³/mol. The van der Waals surface area contributed by atoms with Crippen molar-refractivity contribution in [2.75, 3.05) is 14.2 Å². The molecular weight excluding hydrogens is 332 g/mol. The van der Waals surface area contributed by atoms with Crippen molar-refractivity contribution in [3.05, 3.63) is 47.2 Å². The summed E-state index contributed by atoms with van der Waals surface area (Å²) in [4.78, 5) is 8.35. The topological polar surface area (TPSA) is 73.7 Å². The van der Waals surface area contributed by atoms with Crippen LogP contribution in [0.1, 0.15) is 5.56 Å². The van der Waals surface area contributed by atoms with Crippen LogP contribution in [0.4, 0.5) is 0 Å². The molecule has 3 aromatic rings. The fraction of sp³-hybridized carbons (Fsp3) is 0.176. The van der Waals surface area contributed by atoms with Gasteiger partial charge in [-0.15, -0.1) is 0 Å². The van der Waals surface area contributed by atoms with Crippen molar-refractivity contribution in [1.82, 2.24) is 9.97 Å². The van der Waals surface area contributed by atoms with Gasteiger partial charge in [0.05, 0.1) is 31.7 Å². The molecule has 0 saturated heterocycles. The van der Waals surface area contributed by atoms with E-state index in [0.29, 0.717) is 34.0 Å². The van der Waals surface area contributed by atoms with Crippen LogP contribution in [0, 0.1) is 0 Å². The summed E-state index contributed by atoms with van der Waals surface area (Å²) in [6.45, 7) is -0.0282. The van der Waals surface area contributed by atoms with Gasteiger partial charge in [0, 0.05) is 6.07 Å². The molecule has 2 aromatic carbocycles. The van der Waals surface area contributed by atoms with Gasteiger partial charge >= 0.3 is 0 Å². The number of aromatic nitrogens is 2. The Balaban J connectivity index is 2.08. The summed E-state index contributed by atoms with van der Waals surface area (Å²) in [5.41, 5.74) is 1.37. The lowest BCUT2D eigenvalue weighted by Crippen LogP contribution is -1.96. The highest BCUT2D eigenvalue weighted by molar-refractivity contribution is 6.28. The summed E-state index contributed by atoms with van der Waals surface area (Å²) >= 11 is 6.00. The molecule has 0 aliphatic rings. The van der Waals surface area contributed by atoms with Gasteiger partial charge in [0.25, 0.3) is 0 Å². The Hall–Kier alpha value is -2.57. The molecule has 0 bridgehead atoms. The van der Waals surface area contributed by atoms with E-state index in [4.69, 9.17) is 30.9 Å². The third-order valence-electron chi connectivity index (χ3n) is 3.46. The minimum Gasteiger partial charge on any atom is -0.493 e. The summed E-state index contributed by atoms with van der Waals surface area (Å²) in [5.74, 6) is 1.95. The summed E-state index contributed by atoms with van der Waals surface area (Å²) in [6, 6.07) is 10.5. The lowest BCUT2D eigenvalue weighted by Gasteiger charge is -2.12. The van der Waals surface area contributed by atoms with Gasteiger partial charge in [-0.3, -0.25) is 0 Å². The molecular formula is C17H15ClN2O4. The highest BCUT2D eigenvalue weighted by atomic mass is 35.5. The van der Waals surface area contributed by atoms with Crippen molar-refractivity contribution in [3.8, 4) is 23.1 Å². The smallest absolute Gasteiger partial charge is 0.231 e. The molecule has 0 saturated carbocycles. The van der Waals surface area contributed by atoms with Crippen molar-refractivity contribution in [3.63, 3.8) is 0 Å². The first-order valence-corrected chi connectivity index (χ1v) is 7.49. The van der Waals surface area contributed by atoms with Gasteiger partial charge in [-0.2, -0.15) is 4.98 Å². The molecule has 24 heavy (non-hydrogen) atoms. The maximum absolute atomic E-state index is 9.10.